The van der Waals surface area contributed by atoms with E-state index in [1.807, 2.05) is 6.92 Å². The summed E-state index contributed by atoms with van der Waals surface area (Å²) in [6, 6.07) is 0.262. The highest BCUT2D eigenvalue weighted by Crippen LogP contribution is 2.32. The van der Waals surface area contributed by atoms with Crippen LogP contribution in [-0.4, -0.2) is 26.7 Å². The molecule has 82 valence electrons. The molecule has 0 saturated heterocycles. The number of nitrogens with one attached hydrogen (secondary N) is 1. The average Bonchev–Trinajstić information content (AvgIpc) is 2.92. The van der Waals surface area contributed by atoms with Crippen molar-refractivity contribution in [3.63, 3.8) is 0 Å². The van der Waals surface area contributed by atoms with Gasteiger partial charge in [-0.05, 0) is 25.7 Å². The maximum Gasteiger partial charge on any atom is 0.242 e. The normalized spacial score (nSPS) is 17.4. The lowest BCUT2D eigenvalue weighted by molar-refractivity contribution is -0.122. The number of amides is 1. The average molecular weight is 209 g/mol. The fourth-order valence-electron chi connectivity index (χ4n) is 1.55. The van der Waals surface area contributed by atoms with Crippen molar-refractivity contribution in [3.8, 4) is 0 Å². The first-order valence-electron chi connectivity index (χ1n) is 5.09. The zero-order chi connectivity index (χ0) is 10.8. The van der Waals surface area contributed by atoms with Crippen molar-refractivity contribution in [2.24, 2.45) is 5.92 Å². The SMILES string of the molecule is CC(NC(=O)Cn1cnc(N)n1)C1CC1. The van der Waals surface area contributed by atoms with E-state index in [9.17, 15) is 4.79 Å². The maximum absolute atomic E-state index is 11.5. The summed E-state index contributed by atoms with van der Waals surface area (Å²) in [7, 11) is 0. The number of nitrogen functional groups attached to an aromatic ring is 1. The van der Waals surface area contributed by atoms with Crippen LogP contribution in [0.1, 0.15) is 19.8 Å². The summed E-state index contributed by atoms with van der Waals surface area (Å²) >= 11 is 0. The van der Waals surface area contributed by atoms with Crippen molar-refractivity contribution in [1.29, 1.82) is 0 Å². The number of carbonyl (C=O) groups is 1. The van der Waals surface area contributed by atoms with Gasteiger partial charge in [-0.25, -0.2) is 9.67 Å². The van der Waals surface area contributed by atoms with Crippen molar-refractivity contribution in [2.45, 2.75) is 32.4 Å². The van der Waals surface area contributed by atoms with Gasteiger partial charge in [-0.1, -0.05) is 0 Å². The zero-order valence-corrected chi connectivity index (χ0v) is 8.68. The molecule has 1 heterocycles. The van der Waals surface area contributed by atoms with Gasteiger partial charge in [-0.3, -0.25) is 4.79 Å². The quantitative estimate of drug-likeness (QED) is 0.717. The van der Waals surface area contributed by atoms with Crippen LogP contribution in [0.4, 0.5) is 5.95 Å². The lowest BCUT2D eigenvalue weighted by atomic mass is 10.2. The van der Waals surface area contributed by atoms with Crippen LogP contribution in [0.5, 0.6) is 0 Å². The Kier molecular flexibility index (Phi) is 2.57. The zero-order valence-electron chi connectivity index (χ0n) is 8.68. The van der Waals surface area contributed by atoms with Crippen LogP contribution in [0.2, 0.25) is 0 Å². The highest BCUT2D eigenvalue weighted by atomic mass is 16.2. The monoisotopic (exact) mass is 209 g/mol. The summed E-state index contributed by atoms with van der Waals surface area (Å²) in [6.45, 7) is 2.21. The molecule has 0 radical (unpaired) electrons. The van der Waals surface area contributed by atoms with Gasteiger partial charge < -0.3 is 11.1 Å². The minimum Gasteiger partial charge on any atom is -0.367 e. The number of nitrogens with zero attached hydrogens (tertiary/aromatic N) is 3. The predicted octanol–water partition coefficient (Wildman–Crippen LogP) is -0.225. The number of nitrogens with two attached hydrogens (primary N) is 1. The molecule has 1 fully saturated rings. The van der Waals surface area contributed by atoms with Crippen LogP contribution >= 0.6 is 0 Å². The second-order valence-electron chi connectivity index (χ2n) is 3.99. The van der Waals surface area contributed by atoms with E-state index in [0.717, 1.165) is 0 Å². The summed E-state index contributed by atoms with van der Waals surface area (Å²) in [5.41, 5.74) is 5.34. The van der Waals surface area contributed by atoms with Crippen molar-refractivity contribution in [2.75, 3.05) is 5.73 Å². The van der Waals surface area contributed by atoms with Crippen LogP contribution < -0.4 is 11.1 Å². The van der Waals surface area contributed by atoms with E-state index >= 15 is 0 Å². The molecule has 15 heavy (non-hydrogen) atoms. The molecule has 0 aromatic carbocycles. The minimum absolute atomic E-state index is 0.0423. The van der Waals surface area contributed by atoms with Crippen molar-refractivity contribution in [3.05, 3.63) is 6.33 Å². The fraction of sp³-hybridized carbons (Fsp3) is 0.667. The van der Waals surface area contributed by atoms with E-state index in [1.165, 1.54) is 23.9 Å². The molecule has 1 aliphatic carbocycles. The molecule has 0 aliphatic heterocycles. The third-order valence-electron chi connectivity index (χ3n) is 2.58. The Balaban J connectivity index is 1.81. The molecule has 6 nitrogen and oxygen atoms in total. The highest BCUT2D eigenvalue weighted by Gasteiger charge is 2.28. The first-order valence-corrected chi connectivity index (χ1v) is 5.09. The van der Waals surface area contributed by atoms with E-state index in [1.54, 1.807) is 0 Å². The van der Waals surface area contributed by atoms with E-state index in [2.05, 4.69) is 15.4 Å². The van der Waals surface area contributed by atoms with Gasteiger partial charge in [0.05, 0.1) is 0 Å². The number of anilines is 1. The summed E-state index contributed by atoms with van der Waals surface area (Å²) in [4.78, 5) is 15.3. The van der Waals surface area contributed by atoms with Crippen LogP contribution in [-0.2, 0) is 11.3 Å². The van der Waals surface area contributed by atoms with E-state index in [0.29, 0.717) is 5.92 Å². The second kappa shape index (κ2) is 3.88. The Bertz CT molecular complexity index is 357. The molecule has 1 aromatic rings. The molecule has 1 amide bonds. The van der Waals surface area contributed by atoms with E-state index in [4.69, 9.17) is 5.73 Å². The molecule has 6 heteroatoms. The van der Waals surface area contributed by atoms with Gasteiger partial charge in [0.15, 0.2) is 0 Å². The Morgan fingerprint density at radius 3 is 3.07 bits per heavy atom. The standard InChI is InChI=1S/C9H15N5O/c1-6(7-2-3-7)12-8(15)4-14-5-11-9(10)13-14/h5-7H,2-4H2,1H3,(H2,10,13)(H,12,15). The Morgan fingerprint density at radius 1 is 1.80 bits per heavy atom. The maximum atomic E-state index is 11.5. The van der Waals surface area contributed by atoms with Crippen LogP contribution in [0.25, 0.3) is 0 Å². The van der Waals surface area contributed by atoms with Crippen LogP contribution in [0.3, 0.4) is 0 Å². The molecular formula is C9H15N5O. The molecule has 0 bridgehead atoms. The predicted molar refractivity (Wildman–Crippen MR) is 54.8 cm³/mol. The van der Waals surface area contributed by atoms with Gasteiger partial charge in [-0.2, -0.15) is 0 Å². The molecule has 1 aliphatic rings. The molecule has 0 spiro atoms. The first kappa shape index (κ1) is 9.95. The van der Waals surface area contributed by atoms with Gasteiger partial charge in [-0.15, -0.1) is 5.10 Å². The minimum atomic E-state index is -0.0423. The number of aromatic nitrogens is 3. The van der Waals surface area contributed by atoms with Crippen molar-refractivity contribution >= 4 is 11.9 Å². The molecule has 2 rings (SSSR count). The summed E-state index contributed by atoms with van der Waals surface area (Å²) in [6.07, 6.45) is 3.89. The third kappa shape index (κ3) is 2.68. The van der Waals surface area contributed by atoms with Crippen molar-refractivity contribution in [1.82, 2.24) is 20.1 Å². The fourth-order valence-corrected chi connectivity index (χ4v) is 1.55. The van der Waals surface area contributed by atoms with Gasteiger partial charge in [0.1, 0.15) is 12.9 Å². The Labute approximate surface area is 87.9 Å². The van der Waals surface area contributed by atoms with Gasteiger partial charge in [0.25, 0.3) is 0 Å². The smallest absolute Gasteiger partial charge is 0.242 e. The van der Waals surface area contributed by atoms with Gasteiger partial charge >= 0.3 is 0 Å². The highest BCUT2D eigenvalue weighted by molar-refractivity contribution is 5.75. The van der Waals surface area contributed by atoms with E-state index in [-0.39, 0.29) is 24.4 Å². The van der Waals surface area contributed by atoms with Crippen LogP contribution in [0.15, 0.2) is 6.33 Å². The Morgan fingerprint density at radius 2 is 2.53 bits per heavy atom. The Hall–Kier alpha value is -1.59. The molecule has 1 atom stereocenters. The van der Waals surface area contributed by atoms with E-state index < -0.39 is 0 Å². The second-order valence-corrected chi connectivity index (χ2v) is 3.99. The number of rotatable bonds is 4. The van der Waals surface area contributed by atoms with Crippen LogP contribution in [0, 0.1) is 5.92 Å². The van der Waals surface area contributed by atoms with Gasteiger partial charge in [0.2, 0.25) is 11.9 Å². The lowest BCUT2D eigenvalue weighted by Crippen LogP contribution is -2.36. The molecule has 1 unspecified atom stereocenters. The number of carbonyl (C=O) groups excluding carboxylic acids is 1. The number of hydrogen-bond donors (Lipinski definition) is 2. The molecule has 1 aromatic heterocycles. The number of hydrogen-bond acceptors (Lipinski definition) is 4. The molecule has 1 saturated carbocycles. The molecule has 3 N–H and O–H groups in total. The van der Waals surface area contributed by atoms with Gasteiger partial charge in [0, 0.05) is 6.04 Å². The third-order valence-corrected chi connectivity index (χ3v) is 2.58. The van der Waals surface area contributed by atoms with Crippen molar-refractivity contribution < 1.29 is 4.79 Å². The topological polar surface area (TPSA) is 85.8 Å². The summed E-state index contributed by atoms with van der Waals surface area (Å²) < 4.78 is 1.43. The lowest BCUT2D eigenvalue weighted by Gasteiger charge is -2.12. The summed E-state index contributed by atoms with van der Waals surface area (Å²) in [5, 5.41) is 6.77. The largest absolute Gasteiger partial charge is 0.367 e. The molecular weight excluding hydrogens is 194 g/mol. The summed E-state index contributed by atoms with van der Waals surface area (Å²) in [5.74, 6) is 0.812. The first-order chi connectivity index (χ1) is 7.15.